The first-order valence-corrected chi connectivity index (χ1v) is 6.17. The molecule has 5 heteroatoms. The number of hydrogen-bond acceptors (Lipinski definition) is 3. The summed E-state index contributed by atoms with van der Waals surface area (Å²) in [4.78, 5) is 24.2. The minimum absolute atomic E-state index is 0.109. The van der Waals surface area contributed by atoms with Crippen molar-refractivity contribution in [2.45, 2.75) is 40.2 Å². The van der Waals surface area contributed by atoms with Crippen LogP contribution in [0.4, 0.5) is 0 Å². The smallest absolute Gasteiger partial charge is 0.307 e. The Morgan fingerprint density at radius 3 is 2.18 bits per heavy atom. The van der Waals surface area contributed by atoms with Gasteiger partial charge in [0.2, 0.25) is 5.91 Å². The highest BCUT2D eigenvalue weighted by Crippen LogP contribution is 2.02. The zero-order chi connectivity index (χ0) is 13.4. The first kappa shape index (κ1) is 15.9. The molecule has 2 unspecified atom stereocenters. The van der Waals surface area contributed by atoms with E-state index < -0.39 is 11.9 Å². The van der Waals surface area contributed by atoms with Gasteiger partial charge in [-0.2, -0.15) is 0 Å². The van der Waals surface area contributed by atoms with Gasteiger partial charge in [0.05, 0.1) is 5.92 Å². The molecule has 0 aliphatic rings. The molecule has 0 saturated carbocycles. The minimum Gasteiger partial charge on any atom is -0.481 e. The van der Waals surface area contributed by atoms with Gasteiger partial charge in [0.1, 0.15) is 0 Å². The van der Waals surface area contributed by atoms with E-state index in [4.69, 9.17) is 5.11 Å². The molecular weight excluding hydrogens is 220 g/mol. The van der Waals surface area contributed by atoms with Gasteiger partial charge in [-0.15, -0.1) is 0 Å². The second kappa shape index (κ2) is 8.06. The zero-order valence-corrected chi connectivity index (χ0v) is 11.2. The molecule has 0 spiro atoms. The van der Waals surface area contributed by atoms with E-state index in [1.54, 1.807) is 11.8 Å². The van der Waals surface area contributed by atoms with Crippen LogP contribution >= 0.6 is 0 Å². The Labute approximate surface area is 103 Å². The second-order valence-corrected chi connectivity index (χ2v) is 4.19. The van der Waals surface area contributed by atoms with Crippen LogP contribution < -0.4 is 5.32 Å². The van der Waals surface area contributed by atoms with Crippen molar-refractivity contribution < 1.29 is 14.7 Å². The van der Waals surface area contributed by atoms with Crippen LogP contribution in [0.5, 0.6) is 0 Å². The number of rotatable bonds is 8. The van der Waals surface area contributed by atoms with Gasteiger partial charge in [-0.3, -0.25) is 9.59 Å². The first-order chi connectivity index (χ1) is 7.93. The normalized spacial score (nSPS) is 14.1. The Balaban J connectivity index is 3.91. The van der Waals surface area contributed by atoms with E-state index in [0.717, 1.165) is 13.1 Å². The predicted molar refractivity (Wildman–Crippen MR) is 66.8 cm³/mol. The molecule has 0 aromatic carbocycles. The van der Waals surface area contributed by atoms with Crippen LogP contribution in [0.15, 0.2) is 0 Å². The molecule has 0 rings (SSSR count). The summed E-state index contributed by atoms with van der Waals surface area (Å²) in [6.45, 7) is 9.34. The van der Waals surface area contributed by atoms with Crippen LogP contribution in [-0.2, 0) is 9.59 Å². The van der Waals surface area contributed by atoms with E-state index in [0.29, 0.717) is 13.0 Å². The van der Waals surface area contributed by atoms with Crippen molar-refractivity contribution >= 4 is 11.9 Å². The Bertz CT molecular complexity index is 252. The van der Waals surface area contributed by atoms with Gasteiger partial charge in [0.25, 0.3) is 0 Å². The molecule has 0 radical (unpaired) electrons. The fourth-order valence-electron chi connectivity index (χ4n) is 1.53. The summed E-state index contributed by atoms with van der Waals surface area (Å²) in [6.07, 6.45) is 0.415. The summed E-state index contributed by atoms with van der Waals surface area (Å²) in [5.74, 6) is -1.16. The summed E-state index contributed by atoms with van der Waals surface area (Å²) in [5.41, 5.74) is 0. The molecule has 2 atom stereocenters. The number of nitrogens with zero attached hydrogens (tertiary/aromatic N) is 1. The number of carbonyl (C=O) groups excluding carboxylic acids is 1. The van der Waals surface area contributed by atoms with Gasteiger partial charge < -0.3 is 15.3 Å². The Morgan fingerprint density at radius 2 is 1.76 bits per heavy atom. The summed E-state index contributed by atoms with van der Waals surface area (Å²) in [5, 5.41) is 11.9. The lowest BCUT2D eigenvalue weighted by atomic mass is 10.0. The molecule has 0 heterocycles. The largest absolute Gasteiger partial charge is 0.481 e. The van der Waals surface area contributed by atoms with Gasteiger partial charge in [0.15, 0.2) is 0 Å². The maximum absolute atomic E-state index is 11.7. The molecule has 1 amide bonds. The van der Waals surface area contributed by atoms with E-state index in [9.17, 15) is 9.59 Å². The van der Waals surface area contributed by atoms with Crippen molar-refractivity contribution in [1.82, 2.24) is 10.2 Å². The van der Waals surface area contributed by atoms with Gasteiger partial charge in [-0.05, 0) is 20.8 Å². The molecule has 0 aromatic heterocycles. The molecule has 5 nitrogen and oxygen atoms in total. The quantitative estimate of drug-likeness (QED) is 0.667. The third-order valence-electron chi connectivity index (χ3n) is 3.06. The molecule has 0 aliphatic carbocycles. The number of carboxylic acids is 1. The Hall–Kier alpha value is -1.10. The number of nitrogens with one attached hydrogen (secondary N) is 1. The van der Waals surface area contributed by atoms with E-state index in [2.05, 4.69) is 5.32 Å². The van der Waals surface area contributed by atoms with Crippen LogP contribution in [0.2, 0.25) is 0 Å². The predicted octanol–water partition coefficient (Wildman–Crippen LogP) is 0.944. The molecule has 0 aromatic rings. The van der Waals surface area contributed by atoms with Crippen molar-refractivity contribution in [1.29, 1.82) is 0 Å². The highest BCUT2D eigenvalue weighted by molar-refractivity contribution is 5.76. The van der Waals surface area contributed by atoms with Gasteiger partial charge in [0, 0.05) is 32.1 Å². The fourth-order valence-corrected chi connectivity index (χ4v) is 1.53. The van der Waals surface area contributed by atoms with E-state index in [-0.39, 0.29) is 11.9 Å². The second-order valence-electron chi connectivity index (χ2n) is 4.19. The van der Waals surface area contributed by atoms with Crippen molar-refractivity contribution in [2.24, 2.45) is 5.92 Å². The van der Waals surface area contributed by atoms with E-state index >= 15 is 0 Å². The number of carbonyl (C=O) groups is 2. The summed E-state index contributed by atoms with van der Waals surface area (Å²) in [6, 6.07) is -0.128. The summed E-state index contributed by atoms with van der Waals surface area (Å²) >= 11 is 0. The highest BCUT2D eigenvalue weighted by Gasteiger charge is 2.19. The molecule has 0 bridgehead atoms. The van der Waals surface area contributed by atoms with Crippen molar-refractivity contribution in [3.63, 3.8) is 0 Å². The molecule has 0 aliphatic heterocycles. The Kier molecular flexibility index (Phi) is 7.54. The van der Waals surface area contributed by atoms with Crippen LogP contribution in [0.3, 0.4) is 0 Å². The zero-order valence-electron chi connectivity index (χ0n) is 11.2. The lowest BCUT2D eigenvalue weighted by Gasteiger charge is -2.21. The van der Waals surface area contributed by atoms with Crippen molar-refractivity contribution in [3.05, 3.63) is 0 Å². The van der Waals surface area contributed by atoms with Gasteiger partial charge >= 0.3 is 5.97 Å². The highest BCUT2D eigenvalue weighted by atomic mass is 16.4. The molecule has 17 heavy (non-hydrogen) atoms. The number of aliphatic carboxylic acids is 1. The van der Waals surface area contributed by atoms with Gasteiger partial charge in [-0.25, -0.2) is 0 Å². The lowest BCUT2D eigenvalue weighted by Crippen LogP contribution is -2.39. The maximum atomic E-state index is 11.7. The standard InChI is InChI=1S/C12H24N2O3/c1-5-14(6-2)11(15)7-8-13-10(4)9(3)12(16)17/h9-10,13H,5-8H2,1-4H3,(H,16,17). The van der Waals surface area contributed by atoms with Crippen LogP contribution in [-0.4, -0.2) is 47.6 Å². The van der Waals surface area contributed by atoms with Crippen molar-refractivity contribution in [3.8, 4) is 0 Å². The monoisotopic (exact) mass is 244 g/mol. The van der Waals surface area contributed by atoms with E-state index in [1.807, 2.05) is 20.8 Å². The molecule has 2 N–H and O–H groups in total. The molecule has 0 saturated heterocycles. The maximum Gasteiger partial charge on any atom is 0.307 e. The summed E-state index contributed by atoms with van der Waals surface area (Å²) < 4.78 is 0. The number of hydrogen-bond donors (Lipinski definition) is 2. The number of amides is 1. The average Bonchev–Trinajstić information content (AvgIpc) is 2.29. The molecule has 100 valence electrons. The fraction of sp³-hybridized carbons (Fsp3) is 0.833. The molecular formula is C12H24N2O3. The average molecular weight is 244 g/mol. The molecule has 0 fully saturated rings. The van der Waals surface area contributed by atoms with Gasteiger partial charge in [-0.1, -0.05) is 6.92 Å². The van der Waals surface area contributed by atoms with E-state index in [1.165, 1.54) is 0 Å². The SMILES string of the molecule is CCN(CC)C(=O)CCNC(C)C(C)C(=O)O. The minimum atomic E-state index is -0.819. The first-order valence-electron chi connectivity index (χ1n) is 6.17. The summed E-state index contributed by atoms with van der Waals surface area (Å²) in [7, 11) is 0. The van der Waals surface area contributed by atoms with Crippen LogP contribution in [0.1, 0.15) is 34.1 Å². The number of carboxylic acid groups (broad SMARTS) is 1. The lowest BCUT2D eigenvalue weighted by molar-refractivity contribution is -0.141. The topological polar surface area (TPSA) is 69.6 Å². The Morgan fingerprint density at radius 1 is 1.24 bits per heavy atom. The van der Waals surface area contributed by atoms with Crippen molar-refractivity contribution in [2.75, 3.05) is 19.6 Å². The van der Waals surface area contributed by atoms with Crippen LogP contribution in [0.25, 0.3) is 0 Å². The van der Waals surface area contributed by atoms with Crippen LogP contribution in [0, 0.1) is 5.92 Å². The third kappa shape index (κ3) is 5.68. The third-order valence-corrected chi connectivity index (χ3v) is 3.06.